The fraction of sp³-hybridized carbons (Fsp3) is 0.195. The maximum atomic E-state index is 15.2. The molecular formula is C41H39N3O3. The molecule has 236 valence electrons. The van der Waals surface area contributed by atoms with Crippen LogP contribution in [0.4, 0.5) is 4.79 Å². The number of hydrazine groups is 1. The van der Waals surface area contributed by atoms with E-state index in [1.54, 1.807) is 7.11 Å². The molecule has 7 rings (SSSR count). The van der Waals surface area contributed by atoms with Crippen molar-refractivity contribution in [3.05, 3.63) is 162 Å². The second-order valence-corrected chi connectivity index (χ2v) is 12.3. The molecule has 0 spiro atoms. The van der Waals surface area contributed by atoms with E-state index >= 15 is 4.79 Å². The van der Waals surface area contributed by atoms with Crippen molar-refractivity contribution < 1.29 is 14.6 Å². The maximum Gasteiger partial charge on any atom is 0.335 e. The van der Waals surface area contributed by atoms with Crippen LogP contribution >= 0.6 is 0 Å². The summed E-state index contributed by atoms with van der Waals surface area (Å²) in [6.45, 7) is 1.49. The minimum atomic E-state index is -0.801. The van der Waals surface area contributed by atoms with E-state index < -0.39 is 12.1 Å². The Bertz CT molecular complexity index is 1970. The zero-order valence-electron chi connectivity index (χ0n) is 26.6. The van der Waals surface area contributed by atoms with Crippen LogP contribution in [0.5, 0.6) is 5.75 Å². The van der Waals surface area contributed by atoms with Crippen LogP contribution in [-0.4, -0.2) is 51.9 Å². The van der Waals surface area contributed by atoms with E-state index in [1.165, 1.54) is 0 Å². The van der Waals surface area contributed by atoms with Gasteiger partial charge in [-0.05, 0) is 62.4 Å². The monoisotopic (exact) mass is 621 g/mol. The average Bonchev–Trinajstić information content (AvgIpc) is 3.20. The number of ether oxygens (including phenoxy) is 1. The van der Waals surface area contributed by atoms with Gasteiger partial charge in [-0.25, -0.2) is 9.80 Å². The number of benzene rings is 6. The first-order chi connectivity index (χ1) is 23.1. The van der Waals surface area contributed by atoms with Crippen molar-refractivity contribution in [1.29, 1.82) is 0 Å². The van der Waals surface area contributed by atoms with Gasteiger partial charge < -0.3 is 14.7 Å². The number of hydrogen-bond donors (Lipinski definition) is 1. The zero-order valence-corrected chi connectivity index (χ0v) is 26.6. The third kappa shape index (κ3) is 6.57. The molecular weight excluding hydrogens is 582 g/mol. The lowest BCUT2D eigenvalue weighted by Crippen LogP contribution is -2.51. The van der Waals surface area contributed by atoms with Gasteiger partial charge in [-0.2, -0.15) is 0 Å². The van der Waals surface area contributed by atoms with Crippen molar-refractivity contribution >= 4 is 27.6 Å². The predicted octanol–water partition coefficient (Wildman–Crippen LogP) is 7.83. The van der Waals surface area contributed by atoms with Gasteiger partial charge in [0.15, 0.2) is 0 Å². The van der Waals surface area contributed by atoms with E-state index in [4.69, 9.17) is 4.74 Å². The molecule has 0 radical (unpaired) electrons. The first kappa shape index (κ1) is 30.5. The van der Waals surface area contributed by atoms with Crippen LogP contribution in [-0.2, 0) is 26.1 Å². The highest BCUT2D eigenvalue weighted by molar-refractivity contribution is 5.87. The minimum Gasteiger partial charge on any atom is -0.497 e. The number of nitrogens with zero attached hydrogens (tertiary/aromatic N) is 3. The highest BCUT2D eigenvalue weighted by atomic mass is 16.5. The number of urea groups is 1. The summed E-state index contributed by atoms with van der Waals surface area (Å²) in [7, 11) is 1.65. The van der Waals surface area contributed by atoms with Crippen molar-refractivity contribution in [2.75, 3.05) is 13.7 Å². The lowest BCUT2D eigenvalue weighted by atomic mass is 9.98. The van der Waals surface area contributed by atoms with Crippen molar-refractivity contribution in [2.24, 2.45) is 0 Å². The second-order valence-electron chi connectivity index (χ2n) is 12.3. The summed E-state index contributed by atoms with van der Waals surface area (Å²) in [5, 5.41) is 20.4. The van der Waals surface area contributed by atoms with Crippen molar-refractivity contribution in [2.45, 2.75) is 38.2 Å². The standard InChI is InChI=1S/C41H39N3O3/c1-47-36-23-21-31(22-24-36)26-42-29-40(45)39(25-30-11-3-2-4-12-30)43(27-34-17-9-15-32-13-5-7-19-37(32)34)41(46)44(42)28-35-18-10-16-33-14-6-8-20-38(33)35/h2-24,39-40,45H,25-29H2,1H3/t39-,40-/m0/s1. The van der Waals surface area contributed by atoms with Crippen molar-refractivity contribution in [1.82, 2.24) is 14.9 Å². The number of methoxy groups -OCH3 is 1. The van der Waals surface area contributed by atoms with Crippen LogP contribution in [0.3, 0.4) is 0 Å². The van der Waals surface area contributed by atoms with Gasteiger partial charge in [-0.1, -0.05) is 127 Å². The lowest BCUT2D eigenvalue weighted by molar-refractivity contribution is -0.0211. The first-order valence-electron chi connectivity index (χ1n) is 16.2. The third-order valence-corrected chi connectivity index (χ3v) is 9.28. The normalized spacial score (nSPS) is 17.3. The van der Waals surface area contributed by atoms with Crippen LogP contribution in [0.15, 0.2) is 140 Å². The number of β-amino-alcohol motifs (C(OH)–C–C–N with tert-alkyl or cyclic N) is 1. The molecule has 1 aliphatic heterocycles. The summed E-state index contributed by atoms with van der Waals surface area (Å²) in [5.74, 6) is 0.775. The van der Waals surface area contributed by atoms with Crippen LogP contribution in [0.2, 0.25) is 0 Å². The molecule has 1 heterocycles. The van der Waals surface area contributed by atoms with Gasteiger partial charge in [0.2, 0.25) is 0 Å². The molecule has 0 aliphatic carbocycles. The molecule has 2 amide bonds. The van der Waals surface area contributed by atoms with Gasteiger partial charge in [0.1, 0.15) is 5.75 Å². The van der Waals surface area contributed by atoms with E-state index in [9.17, 15) is 5.11 Å². The Morgan fingerprint density at radius 3 is 1.85 bits per heavy atom. The van der Waals surface area contributed by atoms with Crippen LogP contribution in [0.1, 0.15) is 22.3 Å². The number of aliphatic hydroxyl groups excluding tert-OH is 1. The van der Waals surface area contributed by atoms with E-state index in [-0.39, 0.29) is 6.03 Å². The Hall–Kier alpha value is -5.17. The van der Waals surface area contributed by atoms with Gasteiger partial charge in [-0.15, -0.1) is 0 Å². The number of amides is 2. The molecule has 2 atom stereocenters. The third-order valence-electron chi connectivity index (χ3n) is 9.28. The topological polar surface area (TPSA) is 56.3 Å². The molecule has 47 heavy (non-hydrogen) atoms. The predicted molar refractivity (Wildman–Crippen MR) is 188 cm³/mol. The zero-order chi connectivity index (χ0) is 32.2. The quantitative estimate of drug-likeness (QED) is 0.179. The number of rotatable bonds is 9. The molecule has 1 aliphatic rings. The number of fused-ring (bicyclic) bond motifs is 2. The van der Waals surface area contributed by atoms with Crippen LogP contribution < -0.4 is 4.74 Å². The minimum absolute atomic E-state index is 0.128. The molecule has 1 saturated heterocycles. The average molecular weight is 622 g/mol. The number of carbonyl (C=O) groups excluding carboxylic acids is 1. The summed E-state index contributed by atoms with van der Waals surface area (Å²) < 4.78 is 5.40. The molecule has 6 aromatic rings. The van der Waals surface area contributed by atoms with Crippen LogP contribution in [0.25, 0.3) is 21.5 Å². The Morgan fingerprint density at radius 1 is 0.638 bits per heavy atom. The fourth-order valence-electron chi connectivity index (χ4n) is 6.81. The van der Waals surface area contributed by atoms with Gasteiger partial charge >= 0.3 is 6.03 Å². The van der Waals surface area contributed by atoms with E-state index in [2.05, 4.69) is 66.7 Å². The summed E-state index contributed by atoms with van der Waals surface area (Å²) in [5.41, 5.74) is 4.21. The fourth-order valence-corrected chi connectivity index (χ4v) is 6.81. The Kier molecular flexibility index (Phi) is 8.87. The van der Waals surface area contributed by atoms with Gasteiger partial charge in [-0.3, -0.25) is 5.01 Å². The maximum absolute atomic E-state index is 15.2. The summed E-state index contributed by atoms with van der Waals surface area (Å²) in [4.78, 5) is 17.1. The summed E-state index contributed by atoms with van der Waals surface area (Å²) in [6.07, 6.45) is -0.262. The van der Waals surface area contributed by atoms with Gasteiger partial charge in [0.25, 0.3) is 0 Å². The molecule has 6 heteroatoms. The smallest absolute Gasteiger partial charge is 0.335 e. The largest absolute Gasteiger partial charge is 0.497 e. The summed E-state index contributed by atoms with van der Waals surface area (Å²) >= 11 is 0. The van der Waals surface area contributed by atoms with E-state index in [0.717, 1.165) is 49.5 Å². The number of carbonyl (C=O) groups is 1. The second kappa shape index (κ2) is 13.7. The molecule has 0 bridgehead atoms. The van der Waals surface area contributed by atoms with Crippen molar-refractivity contribution in [3.8, 4) is 5.75 Å². The summed E-state index contributed by atoms with van der Waals surface area (Å²) in [6, 6.07) is 46.6. The number of hydrogen-bond acceptors (Lipinski definition) is 4. The molecule has 6 aromatic carbocycles. The molecule has 6 nitrogen and oxygen atoms in total. The molecule has 0 aromatic heterocycles. The highest BCUT2D eigenvalue weighted by Gasteiger charge is 2.40. The van der Waals surface area contributed by atoms with E-state index in [1.807, 2.05) is 87.7 Å². The van der Waals surface area contributed by atoms with Gasteiger partial charge in [0.05, 0.1) is 25.8 Å². The first-order valence-corrected chi connectivity index (χ1v) is 16.2. The Labute approximate surface area is 276 Å². The van der Waals surface area contributed by atoms with Crippen molar-refractivity contribution in [3.63, 3.8) is 0 Å². The Balaban J connectivity index is 1.33. The van der Waals surface area contributed by atoms with Crippen LogP contribution in [0, 0.1) is 0 Å². The molecule has 1 fully saturated rings. The Morgan fingerprint density at radius 2 is 1.21 bits per heavy atom. The number of aliphatic hydroxyl groups is 1. The van der Waals surface area contributed by atoms with E-state index in [0.29, 0.717) is 32.6 Å². The lowest BCUT2D eigenvalue weighted by Gasteiger charge is -2.37. The SMILES string of the molecule is COc1ccc(CN2C[C@H](O)[C@H](Cc3ccccc3)N(Cc3cccc4ccccc34)C(=O)N2Cc2cccc3ccccc23)cc1. The highest BCUT2D eigenvalue weighted by Crippen LogP contribution is 2.30. The molecule has 1 N–H and O–H groups in total. The van der Waals surface area contributed by atoms with Gasteiger partial charge in [0, 0.05) is 19.6 Å². The molecule has 0 unspecified atom stereocenters. The molecule has 0 saturated carbocycles.